The molecular weight excluding hydrogens is 497 g/mol. The van der Waals surface area contributed by atoms with Gasteiger partial charge in [0.2, 0.25) is 0 Å². The maximum absolute atomic E-state index is 12.4. The minimum atomic E-state index is -3.43. The summed E-state index contributed by atoms with van der Waals surface area (Å²) in [7, 11) is 2.15. The van der Waals surface area contributed by atoms with Crippen LogP contribution < -0.4 is 5.32 Å². The fourth-order valence-electron chi connectivity index (χ4n) is 2.43. The van der Waals surface area contributed by atoms with Crippen molar-refractivity contribution in [3.63, 3.8) is 0 Å². The largest absolute Gasteiger partial charge is 0.357 e. The van der Waals surface area contributed by atoms with Crippen LogP contribution >= 0.6 is 35.3 Å². The van der Waals surface area contributed by atoms with Gasteiger partial charge in [0.15, 0.2) is 5.96 Å². The number of halogens is 1. The zero-order valence-electron chi connectivity index (χ0n) is 16.1. The minimum absolute atomic E-state index is 0. The van der Waals surface area contributed by atoms with E-state index in [0.717, 1.165) is 19.0 Å². The van der Waals surface area contributed by atoms with Crippen molar-refractivity contribution >= 4 is 51.3 Å². The second kappa shape index (κ2) is 11.0. The first kappa shape index (κ1) is 23.9. The lowest BCUT2D eigenvalue weighted by Gasteiger charge is -2.23. The van der Waals surface area contributed by atoms with E-state index in [1.54, 1.807) is 24.6 Å². The topological polar surface area (TPSA) is 69.9 Å². The SMILES string of the molecule is CCNC(=NCCN(C)S(=O)(=O)c1cccs1)N(C)Cc1cccn1C.I. The van der Waals surface area contributed by atoms with Gasteiger partial charge in [-0.2, -0.15) is 4.31 Å². The van der Waals surface area contributed by atoms with Gasteiger partial charge in [0.1, 0.15) is 4.21 Å². The second-order valence-electron chi connectivity index (χ2n) is 5.96. The molecule has 0 aliphatic rings. The zero-order valence-corrected chi connectivity index (χ0v) is 20.1. The molecule has 10 heteroatoms. The molecule has 0 fully saturated rings. The van der Waals surface area contributed by atoms with Gasteiger partial charge in [0, 0.05) is 46.1 Å². The summed E-state index contributed by atoms with van der Waals surface area (Å²) in [5.74, 6) is 0.760. The van der Waals surface area contributed by atoms with Crippen LogP contribution in [-0.2, 0) is 23.6 Å². The van der Waals surface area contributed by atoms with Gasteiger partial charge in [-0.05, 0) is 30.5 Å². The lowest BCUT2D eigenvalue weighted by atomic mass is 10.4. The summed E-state index contributed by atoms with van der Waals surface area (Å²) >= 11 is 1.23. The van der Waals surface area contributed by atoms with Gasteiger partial charge in [0.05, 0.1) is 13.1 Å². The van der Waals surface area contributed by atoms with E-state index >= 15 is 0 Å². The van der Waals surface area contributed by atoms with E-state index in [2.05, 4.69) is 20.9 Å². The van der Waals surface area contributed by atoms with Crippen LogP contribution in [0.2, 0.25) is 0 Å². The highest BCUT2D eigenvalue weighted by Gasteiger charge is 2.21. The predicted octanol–water partition coefficient (Wildman–Crippen LogP) is 2.42. The van der Waals surface area contributed by atoms with Crippen LogP contribution in [0, 0.1) is 0 Å². The van der Waals surface area contributed by atoms with E-state index in [9.17, 15) is 8.42 Å². The standard InChI is InChI=1S/C17H27N5O2S2.HI/c1-5-18-17(21(3)14-15-8-6-11-20(15)2)19-10-12-22(4)26(23,24)16-9-7-13-25-16;/h6-9,11,13H,5,10,12,14H2,1-4H3,(H,18,19);1H. The molecule has 27 heavy (non-hydrogen) atoms. The molecule has 1 N–H and O–H groups in total. The Balaban J connectivity index is 0.00000364. The number of nitrogens with zero attached hydrogens (tertiary/aromatic N) is 4. The number of sulfonamides is 1. The number of likely N-dealkylation sites (N-methyl/N-ethyl adjacent to an activating group) is 1. The van der Waals surface area contributed by atoms with Gasteiger partial charge in [-0.3, -0.25) is 4.99 Å². The predicted molar refractivity (Wildman–Crippen MR) is 122 cm³/mol. The van der Waals surface area contributed by atoms with Crippen molar-refractivity contribution in [2.24, 2.45) is 12.0 Å². The molecule has 0 saturated heterocycles. The summed E-state index contributed by atoms with van der Waals surface area (Å²) in [6, 6.07) is 7.45. The van der Waals surface area contributed by atoms with Crippen LogP contribution in [0.15, 0.2) is 45.0 Å². The monoisotopic (exact) mass is 525 g/mol. The lowest BCUT2D eigenvalue weighted by Crippen LogP contribution is -2.39. The molecule has 2 rings (SSSR count). The summed E-state index contributed by atoms with van der Waals surface area (Å²) < 4.78 is 28.7. The Hall–Kier alpha value is -1.11. The van der Waals surface area contributed by atoms with Gasteiger partial charge >= 0.3 is 0 Å². The number of hydrogen-bond donors (Lipinski definition) is 1. The third-order valence-corrected chi connectivity index (χ3v) is 7.21. The van der Waals surface area contributed by atoms with Gasteiger partial charge in [-0.1, -0.05) is 6.07 Å². The van der Waals surface area contributed by atoms with Crippen molar-refractivity contribution in [1.29, 1.82) is 0 Å². The van der Waals surface area contributed by atoms with Crippen LogP contribution in [0.25, 0.3) is 0 Å². The van der Waals surface area contributed by atoms with Gasteiger partial charge in [-0.15, -0.1) is 35.3 Å². The third-order valence-electron chi connectivity index (χ3n) is 3.98. The number of thiophene rings is 1. The fraction of sp³-hybridized carbons (Fsp3) is 0.471. The molecule has 0 bridgehead atoms. The summed E-state index contributed by atoms with van der Waals surface area (Å²) in [6.45, 7) is 4.20. The summed E-state index contributed by atoms with van der Waals surface area (Å²) in [5, 5.41) is 5.02. The van der Waals surface area contributed by atoms with Crippen LogP contribution in [0.5, 0.6) is 0 Å². The quantitative estimate of drug-likeness (QED) is 0.327. The Morgan fingerprint density at radius 2 is 2.04 bits per heavy atom. The molecule has 0 amide bonds. The molecule has 0 atom stereocenters. The summed E-state index contributed by atoms with van der Waals surface area (Å²) in [4.78, 5) is 6.61. The molecule has 0 aliphatic heterocycles. The highest BCUT2D eigenvalue weighted by atomic mass is 127. The molecule has 2 aromatic rings. The van der Waals surface area contributed by atoms with E-state index in [1.807, 2.05) is 38.2 Å². The van der Waals surface area contributed by atoms with Gasteiger partial charge < -0.3 is 14.8 Å². The molecule has 2 heterocycles. The van der Waals surface area contributed by atoms with Crippen molar-refractivity contribution in [2.75, 3.05) is 33.7 Å². The molecule has 0 aromatic carbocycles. The van der Waals surface area contributed by atoms with Crippen LogP contribution in [0.4, 0.5) is 0 Å². The average molecular weight is 525 g/mol. The Kier molecular flexibility index (Phi) is 9.77. The molecule has 0 saturated carbocycles. The van der Waals surface area contributed by atoms with Crippen LogP contribution in [0.1, 0.15) is 12.6 Å². The van der Waals surface area contributed by atoms with E-state index in [-0.39, 0.29) is 24.0 Å². The second-order valence-corrected chi connectivity index (χ2v) is 9.18. The van der Waals surface area contributed by atoms with E-state index in [4.69, 9.17) is 0 Å². The van der Waals surface area contributed by atoms with Crippen molar-refractivity contribution < 1.29 is 8.42 Å². The van der Waals surface area contributed by atoms with Crippen LogP contribution in [-0.4, -0.2) is 61.9 Å². The van der Waals surface area contributed by atoms with E-state index < -0.39 is 10.0 Å². The normalized spacial score (nSPS) is 12.1. The first-order chi connectivity index (χ1) is 12.4. The first-order valence-electron chi connectivity index (χ1n) is 8.45. The number of aromatic nitrogens is 1. The van der Waals surface area contributed by atoms with Gasteiger partial charge in [0.25, 0.3) is 10.0 Å². The Morgan fingerprint density at radius 3 is 2.59 bits per heavy atom. The molecular formula is C17H28IN5O2S2. The molecule has 0 unspecified atom stereocenters. The molecule has 0 aliphatic carbocycles. The first-order valence-corrected chi connectivity index (χ1v) is 10.8. The number of aryl methyl sites for hydroxylation is 1. The maximum atomic E-state index is 12.4. The Labute approximate surface area is 183 Å². The Bertz CT molecular complexity index is 818. The summed E-state index contributed by atoms with van der Waals surface area (Å²) in [5.41, 5.74) is 1.18. The Morgan fingerprint density at radius 1 is 1.30 bits per heavy atom. The molecule has 7 nitrogen and oxygen atoms in total. The molecule has 152 valence electrons. The highest BCUT2D eigenvalue weighted by Crippen LogP contribution is 2.19. The zero-order chi connectivity index (χ0) is 19.2. The number of aliphatic imine (C=N–C) groups is 1. The van der Waals surface area contributed by atoms with E-state index in [0.29, 0.717) is 17.3 Å². The van der Waals surface area contributed by atoms with Crippen molar-refractivity contribution in [2.45, 2.75) is 17.7 Å². The van der Waals surface area contributed by atoms with Crippen LogP contribution in [0.3, 0.4) is 0 Å². The summed E-state index contributed by atoms with van der Waals surface area (Å²) in [6.07, 6.45) is 2.01. The smallest absolute Gasteiger partial charge is 0.252 e. The lowest BCUT2D eigenvalue weighted by molar-refractivity contribution is 0.454. The highest BCUT2D eigenvalue weighted by molar-refractivity contribution is 14.0. The molecule has 0 spiro atoms. The third kappa shape index (κ3) is 6.47. The number of hydrogen-bond acceptors (Lipinski definition) is 4. The van der Waals surface area contributed by atoms with Crippen molar-refractivity contribution in [1.82, 2.24) is 19.1 Å². The molecule has 0 radical (unpaired) electrons. The average Bonchev–Trinajstić information content (AvgIpc) is 3.26. The number of nitrogens with one attached hydrogen (secondary N) is 1. The van der Waals surface area contributed by atoms with E-state index in [1.165, 1.54) is 21.3 Å². The number of guanidine groups is 1. The molecule has 2 aromatic heterocycles. The minimum Gasteiger partial charge on any atom is -0.357 e. The van der Waals surface area contributed by atoms with Crippen molar-refractivity contribution in [3.05, 3.63) is 41.5 Å². The fourth-order valence-corrected chi connectivity index (χ4v) is 4.79. The number of rotatable bonds is 8. The van der Waals surface area contributed by atoms with Crippen molar-refractivity contribution in [3.8, 4) is 0 Å². The maximum Gasteiger partial charge on any atom is 0.252 e. The van der Waals surface area contributed by atoms with Gasteiger partial charge in [-0.25, -0.2) is 8.42 Å².